The van der Waals surface area contributed by atoms with Crippen LogP contribution in [0.5, 0.6) is 0 Å². The summed E-state index contributed by atoms with van der Waals surface area (Å²) in [7, 11) is 0. The number of nitrogens with two attached hydrogens (primary N) is 1. The van der Waals surface area contributed by atoms with Gasteiger partial charge in [0.2, 0.25) is 5.91 Å². The highest BCUT2D eigenvalue weighted by Crippen LogP contribution is 2.36. The Hall–Kier alpha value is -0.570. The van der Waals surface area contributed by atoms with E-state index in [1.54, 1.807) is 0 Å². The van der Waals surface area contributed by atoms with Gasteiger partial charge in [-0.2, -0.15) is 0 Å². The minimum absolute atomic E-state index is 0.0133. The van der Waals surface area contributed by atoms with Crippen molar-refractivity contribution in [1.29, 1.82) is 0 Å². The van der Waals surface area contributed by atoms with Crippen LogP contribution in [0.25, 0.3) is 0 Å². The van der Waals surface area contributed by atoms with Crippen molar-refractivity contribution < 1.29 is 4.79 Å². The zero-order chi connectivity index (χ0) is 11.5. The number of nitrogens with one attached hydrogen (secondary N) is 1. The second-order valence-corrected chi connectivity index (χ2v) is 5.54. The lowest BCUT2D eigenvalue weighted by Crippen LogP contribution is -2.37. The van der Waals surface area contributed by atoms with Crippen molar-refractivity contribution in [2.24, 2.45) is 11.1 Å². The van der Waals surface area contributed by atoms with E-state index in [0.717, 1.165) is 19.3 Å². The monoisotopic (exact) mass is 212 g/mol. The molecule has 1 rings (SSSR count). The van der Waals surface area contributed by atoms with Crippen LogP contribution in [0, 0.1) is 5.41 Å². The summed E-state index contributed by atoms with van der Waals surface area (Å²) < 4.78 is 0. The Morgan fingerprint density at radius 1 is 1.60 bits per heavy atom. The van der Waals surface area contributed by atoms with Gasteiger partial charge in [-0.05, 0) is 31.1 Å². The molecule has 3 heteroatoms. The molecule has 1 saturated carbocycles. The molecule has 3 N–H and O–H groups in total. The molecule has 0 aromatic rings. The second-order valence-electron chi connectivity index (χ2n) is 5.54. The molecule has 15 heavy (non-hydrogen) atoms. The van der Waals surface area contributed by atoms with E-state index in [9.17, 15) is 4.79 Å². The van der Waals surface area contributed by atoms with Crippen molar-refractivity contribution >= 4 is 5.91 Å². The predicted molar refractivity (Wildman–Crippen MR) is 62.4 cm³/mol. The van der Waals surface area contributed by atoms with Gasteiger partial charge in [0, 0.05) is 18.5 Å². The normalized spacial score (nSPS) is 26.3. The maximum atomic E-state index is 11.6. The summed E-state index contributed by atoms with van der Waals surface area (Å²) in [6.45, 7) is 6.53. The van der Waals surface area contributed by atoms with Crippen LogP contribution in [0.4, 0.5) is 0 Å². The summed E-state index contributed by atoms with van der Waals surface area (Å²) >= 11 is 0. The third-order valence-corrected chi connectivity index (χ3v) is 3.31. The predicted octanol–water partition coefficient (Wildman–Crippen LogP) is 1.81. The van der Waals surface area contributed by atoms with E-state index in [4.69, 9.17) is 5.73 Å². The molecular weight excluding hydrogens is 188 g/mol. The van der Waals surface area contributed by atoms with E-state index in [1.807, 2.05) is 6.92 Å². The average molecular weight is 212 g/mol. The number of rotatable bonds is 4. The Morgan fingerprint density at radius 3 is 2.73 bits per heavy atom. The minimum atomic E-state index is 0.0133. The van der Waals surface area contributed by atoms with E-state index < -0.39 is 0 Å². The van der Waals surface area contributed by atoms with Crippen molar-refractivity contribution in [3.63, 3.8) is 0 Å². The molecule has 0 spiro atoms. The number of amides is 1. The Kier molecular flexibility index (Phi) is 4.14. The SMILES string of the molecule is CCC(N)CC(=O)NC1CCC(C)(C)C1. The molecule has 1 amide bonds. The van der Waals surface area contributed by atoms with Gasteiger partial charge in [-0.25, -0.2) is 0 Å². The van der Waals surface area contributed by atoms with Crippen LogP contribution in [-0.4, -0.2) is 18.0 Å². The van der Waals surface area contributed by atoms with Crippen molar-refractivity contribution in [2.45, 2.75) is 65.0 Å². The van der Waals surface area contributed by atoms with Gasteiger partial charge in [-0.15, -0.1) is 0 Å². The largest absolute Gasteiger partial charge is 0.353 e. The van der Waals surface area contributed by atoms with Gasteiger partial charge in [0.05, 0.1) is 0 Å². The number of carbonyl (C=O) groups excluding carboxylic acids is 1. The number of hydrogen-bond donors (Lipinski definition) is 2. The molecular formula is C12H24N2O. The van der Waals surface area contributed by atoms with E-state index in [-0.39, 0.29) is 11.9 Å². The Labute approximate surface area is 92.8 Å². The van der Waals surface area contributed by atoms with Gasteiger partial charge in [-0.3, -0.25) is 4.79 Å². The molecule has 0 aromatic heterocycles. The molecule has 0 radical (unpaired) electrons. The van der Waals surface area contributed by atoms with Crippen molar-refractivity contribution in [3.05, 3.63) is 0 Å². The van der Waals surface area contributed by atoms with Gasteiger partial charge >= 0.3 is 0 Å². The molecule has 1 fully saturated rings. The number of hydrogen-bond acceptors (Lipinski definition) is 2. The molecule has 0 aliphatic heterocycles. The van der Waals surface area contributed by atoms with Crippen LogP contribution in [-0.2, 0) is 4.79 Å². The zero-order valence-corrected chi connectivity index (χ0v) is 10.2. The molecule has 0 heterocycles. The van der Waals surface area contributed by atoms with Crippen LogP contribution in [0.2, 0.25) is 0 Å². The first-order chi connectivity index (χ1) is 6.93. The third kappa shape index (κ3) is 4.20. The first-order valence-electron chi connectivity index (χ1n) is 5.98. The van der Waals surface area contributed by atoms with Crippen LogP contribution < -0.4 is 11.1 Å². The quantitative estimate of drug-likeness (QED) is 0.746. The summed E-state index contributed by atoms with van der Waals surface area (Å²) in [6, 6.07) is 0.385. The Morgan fingerprint density at radius 2 is 2.27 bits per heavy atom. The lowest BCUT2D eigenvalue weighted by Gasteiger charge is -2.18. The van der Waals surface area contributed by atoms with Crippen LogP contribution in [0.3, 0.4) is 0 Å². The summed E-state index contributed by atoms with van der Waals surface area (Å²) in [5, 5.41) is 3.08. The standard InChI is InChI=1S/C12H24N2O/c1-4-9(13)7-11(15)14-10-5-6-12(2,3)8-10/h9-10H,4-8,13H2,1-3H3,(H,14,15). The molecule has 0 saturated heterocycles. The van der Waals surface area contributed by atoms with E-state index in [2.05, 4.69) is 19.2 Å². The van der Waals surface area contributed by atoms with Gasteiger partial charge < -0.3 is 11.1 Å². The molecule has 2 atom stereocenters. The second kappa shape index (κ2) is 4.97. The van der Waals surface area contributed by atoms with E-state index in [0.29, 0.717) is 17.9 Å². The maximum Gasteiger partial charge on any atom is 0.221 e. The topological polar surface area (TPSA) is 55.1 Å². The summed E-state index contributed by atoms with van der Waals surface area (Å²) in [5.74, 6) is 0.118. The summed E-state index contributed by atoms with van der Waals surface area (Å²) in [5.41, 5.74) is 6.13. The average Bonchev–Trinajstić information content (AvgIpc) is 2.44. The smallest absolute Gasteiger partial charge is 0.221 e. The lowest BCUT2D eigenvalue weighted by atomic mass is 9.92. The van der Waals surface area contributed by atoms with E-state index >= 15 is 0 Å². The van der Waals surface area contributed by atoms with Gasteiger partial charge in [-0.1, -0.05) is 20.8 Å². The lowest BCUT2D eigenvalue weighted by molar-refractivity contribution is -0.122. The van der Waals surface area contributed by atoms with Crippen molar-refractivity contribution in [1.82, 2.24) is 5.32 Å². The maximum absolute atomic E-state index is 11.6. The molecule has 2 unspecified atom stereocenters. The first kappa shape index (κ1) is 12.5. The molecule has 1 aliphatic carbocycles. The van der Waals surface area contributed by atoms with Crippen LogP contribution >= 0.6 is 0 Å². The molecule has 3 nitrogen and oxygen atoms in total. The highest BCUT2D eigenvalue weighted by molar-refractivity contribution is 5.76. The Bertz CT molecular complexity index is 226. The number of carbonyl (C=O) groups is 1. The third-order valence-electron chi connectivity index (χ3n) is 3.31. The van der Waals surface area contributed by atoms with Crippen molar-refractivity contribution in [3.8, 4) is 0 Å². The van der Waals surface area contributed by atoms with Crippen molar-refractivity contribution in [2.75, 3.05) is 0 Å². The van der Waals surface area contributed by atoms with E-state index in [1.165, 1.54) is 6.42 Å². The zero-order valence-electron chi connectivity index (χ0n) is 10.2. The molecule has 0 bridgehead atoms. The van der Waals surface area contributed by atoms with Crippen LogP contribution in [0.15, 0.2) is 0 Å². The summed E-state index contributed by atoms with van der Waals surface area (Å²) in [4.78, 5) is 11.6. The van der Waals surface area contributed by atoms with Gasteiger partial charge in [0.25, 0.3) is 0 Å². The molecule has 1 aliphatic rings. The fourth-order valence-corrected chi connectivity index (χ4v) is 2.23. The highest BCUT2D eigenvalue weighted by atomic mass is 16.1. The van der Waals surface area contributed by atoms with Gasteiger partial charge in [0.1, 0.15) is 0 Å². The fraction of sp³-hybridized carbons (Fsp3) is 0.917. The van der Waals surface area contributed by atoms with Crippen LogP contribution in [0.1, 0.15) is 52.9 Å². The highest BCUT2D eigenvalue weighted by Gasteiger charge is 2.31. The minimum Gasteiger partial charge on any atom is -0.353 e. The Balaban J connectivity index is 2.28. The first-order valence-corrected chi connectivity index (χ1v) is 5.98. The van der Waals surface area contributed by atoms with Gasteiger partial charge in [0.15, 0.2) is 0 Å². The fourth-order valence-electron chi connectivity index (χ4n) is 2.23. The summed E-state index contributed by atoms with van der Waals surface area (Å²) in [6.07, 6.45) is 4.75. The molecule has 88 valence electrons. The molecule has 0 aromatic carbocycles.